The number of nitrogens with one attached hydrogen (secondary N) is 2. The van der Waals surface area contributed by atoms with Crippen LogP contribution in [0.4, 0.5) is 0 Å². The van der Waals surface area contributed by atoms with Gasteiger partial charge in [-0.3, -0.25) is 9.59 Å². The summed E-state index contributed by atoms with van der Waals surface area (Å²) in [5.74, 6) is 0.0199. The zero-order valence-electron chi connectivity index (χ0n) is 15.8. The Bertz CT molecular complexity index is 837. The molecule has 2 N–H and O–H groups in total. The van der Waals surface area contributed by atoms with Crippen molar-refractivity contribution in [2.45, 2.75) is 13.0 Å². The van der Waals surface area contributed by atoms with Crippen molar-refractivity contribution in [3.05, 3.63) is 69.7 Å². The van der Waals surface area contributed by atoms with E-state index in [4.69, 9.17) is 23.2 Å². The van der Waals surface area contributed by atoms with E-state index in [9.17, 15) is 9.59 Å². The molecule has 0 bridgehead atoms. The third-order valence-electron chi connectivity index (χ3n) is 5.00. The van der Waals surface area contributed by atoms with Crippen molar-refractivity contribution in [3.8, 4) is 0 Å². The number of halogens is 2. The van der Waals surface area contributed by atoms with Crippen LogP contribution in [0.2, 0.25) is 10.0 Å². The second kappa shape index (κ2) is 9.41. The molecule has 0 spiro atoms. The lowest BCUT2D eigenvalue weighted by molar-refractivity contribution is -0.896. The van der Waals surface area contributed by atoms with Gasteiger partial charge in [-0.1, -0.05) is 47.5 Å². The molecule has 3 rings (SSSR count). The van der Waals surface area contributed by atoms with Crippen molar-refractivity contribution >= 4 is 35.0 Å². The van der Waals surface area contributed by atoms with E-state index in [2.05, 4.69) is 5.32 Å². The number of nitrogens with zero attached hydrogens (tertiary/aromatic N) is 1. The molecule has 1 fully saturated rings. The minimum absolute atomic E-state index is 0.0312. The zero-order valence-corrected chi connectivity index (χ0v) is 17.3. The number of piperazine rings is 1. The van der Waals surface area contributed by atoms with E-state index in [0.29, 0.717) is 35.2 Å². The van der Waals surface area contributed by atoms with Crippen molar-refractivity contribution in [1.82, 2.24) is 10.2 Å². The fourth-order valence-electron chi connectivity index (χ4n) is 3.42. The first-order valence-corrected chi connectivity index (χ1v) is 10.1. The number of rotatable bonds is 5. The molecule has 0 unspecified atom stereocenters. The summed E-state index contributed by atoms with van der Waals surface area (Å²) < 4.78 is 0. The molecule has 2 amide bonds. The molecule has 0 aromatic heterocycles. The summed E-state index contributed by atoms with van der Waals surface area (Å²) in [6.45, 7) is 5.08. The summed E-state index contributed by atoms with van der Waals surface area (Å²) in [6, 6.07) is 14.4. The summed E-state index contributed by atoms with van der Waals surface area (Å²) in [4.78, 5) is 28.0. The quantitative estimate of drug-likeness (QED) is 0.778. The molecule has 0 saturated carbocycles. The first-order valence-electron chi connectivity index (χ1n) is 9.36. The molecule has 1 aliphatic rings. The standard InChI is InChI=1S/C21H23Cl2N3O2/c1-15(18-8-7-17(22)13-19(18)23)24-20(27)14-25-9-11-26(12-10-25)21(28)16-5-3-2-4-6-16/h2-8,13,15H,9-12,14H2,1H3,(H,24,27)/p+1/t15-/m0/s1. The smallest absolute Gasteiger partial charge is 0.275 e. The predicted molar refractivity (Wildman–Crippen MR) is 111 cm³/mol. The first kappa shape index (κ1) is 20.6. The predicted octanol–water partition coefficient (Wildman–Crippen LogP) is 2.21. The molecule has 0 radical (unpaired) electrons. The van der Waals surface area contributed by atoms with Gasteiger partial charge in [0.1, 0.15) is 0 Å². The van der Waals surface area contributed by atoms with Gasteiger partial charge in [0.05, 0.1) is 32.2 Å². The largest absolute Gasteiger partial charge is 0.345 e. The van der Waals surface area contributed by atoms with Crippen LogP contribution in [0.25, 0.3) is 0 Å². The molecule has 148 valence electrons. The summed E-state index contributed by atoms with van der Waals surface area (Å²) in [5, 5.41) is 4.11. The average Bonchev–Trinajstić information content (AvgIpc) is 2.68. The summed E-state index contributed by atoms with van der Waals surface area (Å²) >= 11 is 12.1. The van der Waals surface area contributed by atoms with Crippen LogP contribution in [-0.2, 0) is 4.79 Å². The molecule has 1 saturated heterocycles. The van der Waals surface area contributed by atoms with Gasteiger partial charge in [0.15, 0.2) is 6.54 Å². The molecule has 7 heteroatoms. The van der Waals surface area contributed by atoms with Crippen LogP contribution in [0.1, 0.15) is 28.9 Å². The van der Waals surface area contributed by atoms with Gasteiger partial charge in [0, 0.05) is 15.6 Å². The van der Waals surface area contributed by atoms with Gasteiger partial charge in [0.2, 0.25) is 0 Å². The fraction of sp³-hybridized carbons (Fsp3) is 0.333. The van der Waals surface area contributed by atoms with E-state index in [1.807, 2.05) is 48.2 Å². The van der Waals surface area contributed by atoms with Gasteiger partial charge < -0.3 is 15.1 Å². The minimum atomic E-state index is -0.197. The fourth-order valence-corrected chi connectivity index (χ4v) is 3.99. The number of benzene rings is 2. The van der Waals surface area contributed by atoms with Crippen molar-refractivity contribution < 1.29 is 14.5 Å². The molecule has 1 aliphatic heterocycles. The minimum Gasteiger partial charge on any atom is -0.345 e. The van der Waals surface area contributed by atoms with Gasteiger partial charge in [-0.25, -0.2) is 0 Å². The number of hydrogen-bond acceptors (Lipinski definition) is 2. The molecule has 2 aromatic carbocycles. The highest BCUT2D eigenvalue weighted by atomic mass is 35.5. The molecular weight excluding hydrogens is 397 g/mol. The van der Waals surface area contributed by atoms with Crippen molar-refractivity contribution in [2.75, 3.05) is 32.7 Å². The first-order chi connectivity index (χ1) is 13.4. The Balaban J connectivity index is 1.48. The van der Waals surface area contributed by atoms with E-state index >= 15 is 0 Å². The lowest BCUT2D eigenvalue weighted by Gasteiger charge is -2.32. The van der Waals surface area contributed by atoms with Gasteiger partial charge >= 0.3 is 0 Å². The summed E-state index contributed by atoms with van der Waals surface area (Å²) in [7, 11) is 0. The van der Waals surface area contributed by atoms with Crippen LogP contribution in [0.5, 0.6) is 0 Å². The van der Waals surface area contributed by atoms with Crippen molar-refractivity contribution in [1.29, 1.82) is 0 Å². The molecule has 1 heterocycles. The molecule has 5 nitrogen and oxygen atoms in total. The Morgan fingerprint density at radius 1 is 1.11 bits per heavy atom. The van der Waals surface area contributed by atoms with E-state index in [0.717, 1.165) is 18.7 Å². The Morgan fingerprint density at radius 2 is 1.79 bits per heavy atom. The monoisotopic (exact) mass is 420 g/mol. The molecule has 0 aliphatic carbocycles. The third kappa shape index (κ3) is 5.25. The SMILES string of the molecule is C[C@H](NC(=O)C[NH+]1CCN(C(=O)c2ccccc2)CC1)c1ccc(Cl)cc1Cl. The summed E-state index contributed by atoms with van der Waals surface area (Å²) in [6.07, 6.45) is 0. The van der Waals surface area contributed by atoms with E-state index in [1.165, 1.54) is 4.90 Å². The Labute approximate surface area is 175 Å². The van der Waals surface area contributed by atoms with Gasteiger partial charge in [-0.2, -0.15) is 0 Å². The van der Waals surface area contributed by atoms with Crippen LogP contribution in [-0.4, -0.2) is 49.4 Å². The highest BCUT2D eigenvalue weighted by Crippen LogP contribution is 2.25. The maximum absolute atomic E-state index is 12.5. The Kier molecular flexibility index (Phi) is 6.94. The second-order valence-corrected chi connectivity index (χ2v) is 7.88. The topological polar surface area (TPSA) is 53.9 Å². The number of hydrogen-bond donors (Lipinski definition) is 2. The van der Waals surface area contributed by atoms with Crippen molar-refractivity contribution in [3.63, 3.8) is 0 Å². The maximum atomic E-state index is 12.5. The van der Waals surface area contributed by atoms with Gasteiger partial charge in [-0.05, 0) is 36.8 Å². The van der Waals surface area contributed by atoms with Crippen LogP contribution in [0.15, 0.2) is 48.5 Å². The molecular formula is C21H24Cl2N3O2+. The van der Waals surface area contributed by atoms with E-state index < -0.39 is 0 Å². The van der Waals surface area contributed by atoms with Crippen LogP contribution in [0, 0.1) is 0 Å². The number of amides is 2. The molecule has 2 aromatic rings. The zero-order chi connectivity index (χ0) is 20.1. The Hall–Kier alpha value is -2.08. The third-order valence-corrected chi connectivity index (χ3v) is 5.56. The maximum Gasteiger partial charge on any atom is 0.275 e. The van der Waals surface area contributed by atoms with Crippen molar-refractivity contribution in [2.24, 2.45) is 0 Å². The average molecular weight is 421 g/mol. The number of carbonyl (C=O) groups excluding carboxylic acids is 2. The van der Waals surface area contributed by atoms with E-state index in [1.54, 1.807) is 12.1 Å². The molecule has 1 atom stereocenters. The summed E-state index contributed by atoms with van der Waals surface area (Å²) in [5.41, 5.74) is 1.55. The molecule has 28 heavy (non-hydrogen) atoms. The Morgan fingerprint density at radius 3 is 2.43 bits per heavy atom. The van der Waals surface area contributed by atoms with Crippen LogP contribution < -0.4 is 10.2 Å². The van der Waals surface area contributed by atoms with Crippen LogP contribution in [0.3, 0.4) is 0 Å². The van der Waals surface area contributed by atoms with Gasteiger partial charge in [-0.15, -0.1) is 0 Å². The number of carbonyl (C=O) groups is 2. The number of quaternary nitrogens is 1. The lowest BCUT2D eigenvalue weighted by atomic mass is 10.1. The van der Waals surface area contributed by atoms with Gasteiger partial charge in [0.25, 0.3) is 11.8 Å². The highest BCUT2D eigenvalue weighted by molar-refractivity contribution is 6.35. The highest BCUT2D eigenvalue weighted by Gasteiger charge is 2.26. The lowest BCUT2D eigenvalue weighted by Crippen LogP contribution is -3.15. The normalized spacial score (nSPS) is 15.9. The van der Waals surface area contributed by atoms with E-state index in [-0.39, 0.29) is 17.9 Å². The van der Waals surface area contributed by atoms with Crippen LogP contribution >= 0.6 is 23.2 Å². The second-order valence-electron chi connectivity index (χ2n) is 7.04.